The number of fused-ring (bicyclic) bond motifs is 10. The van der Waals surface area contributed by atoms with E-state index < -0.39 is 5.60 Å². The van der Waals surface area contributed by atoms with E-state index in [0.29, 0.717) is 0 Å². The summed E-state index contributed by atoms with van der Waals surface area (Å²) in [6, 6.07) is 37.3. The molecule has 278 valence electrons. The van der Waals surface area contributed by atoms with Crippen LogP contribution in [0, 0.1) is 10.8 Å². The van der Waals surface area contributed by atoms with Crippen molar-refractivity contribution in [1.82, 2.24) is 0 Å². The quantitative estimate of drug-likeness (QED) is 0.185. The maximum atomic E-state index is 10.2. The molecule has 0 aromatic heterocycles. The first kappa shape index (κ1) is 35.0. The van der Waals surface area contributed by atoms with Crippen LogP contribution in [0.4, 0.5) is 0 Å². The molecule has 0 unspecified atom stereocenters. The Bertz CT molecular complexity index is 2420. The lowest BCUT2D eigenvalue weighted by molar-refractivity contribution is 0.0642. The molecular formula is C50H48O5. The van der Waals surface area contributed by atoms with E-state index >= 15 is 0 Å². The van der Waals surface area contributed by atoms with E-state index in [1.807, 2.05) is 36.4 Å². The zero-order valence-corrected chi connectivity index (χ0v) is 32.7. The molecule has 6 aromatic carbocycles. The fourth-order valence-electron chi connectivity index (χ4n) is 10.9. The Morgan fingerprint density at radius 3 is 1.80 bits per heavy atom. The highest BCUT2D eigenvalue weighted by molar-refractivity contribution is 6.10. The second kappa shape index (κ2) is 12.4. The Balaban J connectivity index is 1.41. The summed E-state index contributed by atoms with van der Waals surface area (Å²) in [4.78, 5) is 0. The second-order valence-electron chi connectivity index (χ2n) is 17.3. The molecule has 1 saturated carbocycles. The third kappa shape index (κ3) is 5.42. The molecule has 1 N–H and O–H groups in total. The number of phenols is 1. The number of rotatable bonds is 6. The number of hydrogen-bond donors (Lipinski definition) is 1. The minimum absolute atomic E-state index is 0.105. The molecule has 2 aliphatic carbocycles. The summed E-state index contributed by atoms with van der Waals surface area (Å²) in [5.41, 5.74) is 9.30. The normalized spacial score (nSPS) is 17.9. The minimum atomic E-state index is -0.963. The fourth-order valence-corrected chi connectivity index (χ4v) is 10.9. The second-order valence-corrected chi connectivity index (χ2v) is 17.3. The van der Waals surface area contributed by atoms with Gasteiger partial charge in [0.05, 0.1) is 21.3 Å². The Labute approximate surface area is 324 Å². The van der Waals surface area contributed by atoms with Gasteiger partial charge in [0.1, 0.15) is 28.7 Å². The van der Waals surface area contributed by atoms with Crippen LogP contribution in [0.25, 0.3) is 39.1 Å². The van der Waals surface area contributed by atoms with E-state index in [1.165, 1.54) is 22.3 Å². The van der Waals surface area contributed by atoms with E-state index in [4.69, 9.17) is 18.9 Å². The van der Waals surface area contributed by atoms with Crippen LogP contribution in [0.2, 0.25) is 0 Å². The maximum Gasteiger partial charge on any atom is 0.178 e. The van der Waals surface area contributed by atoms with E-state index in [0.717, 1.165) is 80.9 Å². The van der Waals surface area contributed by atoms with Crippen molar-refractivity contribution in [3.8, 4) is 51.0 Å². The molecular weight excluding hydrogens is 681 g/mol. The third-order valence-electron chi connectivity index (χ3n) is 12.3. The minimum Gasteiger partial charge on any atom is -0.508 e. The lowest BCUT2D eigenvalue weighted by Gasteiger charge is -2.52. The Hall–Kier alpha value is -5.68. The van der Waals surface area contributed by atoms with Gasteiger partial charge in [-0.05, 0) is 118 Å². The molecule has 0 atom stereocenters. The van der Waals surface area contributed by atoms with Gasteiger partial charge in [-0.15, -0.1) is 0 Å². The van der Waals surface area contributed by atoms with Gasteiger partial charge in [-0.1, -0.05) is 94.4 Å². The van der Waals surface area contributed by atoms with Crippen molar-refractivity contribution in [2.45, 2.75) is 58.0 Å². The zero-order valence-electron chi connectivity index (χ0n) is 32.7. The van der Waals surface area contributed by atoms with Crippen LogP contribution in [0.5, 0.6) is 28.7 Å². The zero-order chi connectivity index (χ0) is 38.3. The molecule has 6 aromatic rings. The summed E-state index contributed by atoms with van der Waals surface area (Å²) in [6.07, 6.45) is 7.82. The molecule has 0 amide bonds. The topological polar surface area (TPSA) is 57.2 Å². The fraction of sp³-hybridized carbons (Fsp3) is 0.280. The molecule has 5 nitrogen and oxygen atoms in total. The van der Waals surface area contributed by atoms with Crippen LogP contribution >= 0.6 is 0 Å². The van der Waals surface area contributed by atoms with Gasteiger partial charge in [-0.2, -0.15) is 0 Å². The van der Waals surface area contributed by atoms with Crippen LogP contribution in [0.15, 0.2) is 115 Å². The van der Waals surface area contributed by atoms with E-state index in [1.54, 1.807) is 33.5 Å². The lowest BCUT2D eigenvalue weighted by atomic mass is 9.52. The number of benzene rings is 6. The molecule has 3 aliphatic rings. The predicted molar refractivity (Wildman–Crippen MR) is 222 cm³/mol. The molecule has 55 heavy (non-hydrogen) atoms. The van der Waals surface area contributed by atoms with Crippen LogP contribution in [0.3, 0.4) is 0 Å². The van der Waals surface area contributed by atoms with E-state index in [-0.39, 0.29) is 22.0 Å². The van der Waals surface area contributed by atoms with Crippen LogP contribution < -0.4 is 18.9 Å². The Kier molecular flexibility index (Phi) is 7.92. The smallest absolute Gasteiger partial charge is 0.178 e. The summed E-state index contributed by atoms with van der Waals surface area (Å²) in [5.74, 6) is 3.40. The Morgan fingerprint density at radius 2 is 1.22 bits per heavy atom. The van der Waals surface area contributed by atoms with Crippen LogP contribution in [-0.2, 0) is 11.0 Å². The van der Waals surface area contributed by atoms with Gasteiger partial charge in [0.15, 0.2) is 5.60 Å². The molecule has 5 heteroatoms. The Morgan fingerprint density at radius 1 is 0.618 bits per heavy atom. The van der Waals surface area contributed by atoms with Crippen molar-refractivity contribution in [3.05, 3.63) is 143 Å². The lowest BCUT2D eigenvalue weighted by Crippen LogP contribution is -2.44. The van der Waals surface area contributed by atoms with Gasteiger partial charge in [-0.3, -0.25) is 0 Å². The van der Waals surface area contributed by atoms with Crippen molar-refractivity contribution in [2.75, 3.05) is 21.3 Å². The van der Waals surface area contributed by atoms with Crippen molar-refractivity contribution >= 4 is 16.8 Å². The highest BCUT2D eigenvalue weighted by atomic mass is 16.5. The highest BCUT2D eigenvalue weighted by Crippen LogP contribution is 2.67. The molecule has 9 rings (SSSR count). The molecule has 1 spiro atoms. The van der Waals surface area contributed by atoms with Gasteiger partial charge < -0.3 is 24.1 Å². The van der Waals surface area contributed by atoms with Crippen molar-refractivity contribution < 1.29 is 24.1 Å². The molecule has 0 bridgehead atoms. The van der Waals surface area contributed by atoms with Gasteiger partial charge in [0.2, 0.25) is 0 Å². The molecule has 1 fully saturated rings. The van der Waals surface area contributed by atoms with Gasteiger partial charge >= 0.3 is 0 Å². The number of phenolic OH excluding ortho intramolecular Hbond substituents is 1. The first-order chi connectivity index (χ1) is 26.4. The maximum absolute atomic E-state index is 10.2. The summed E-state index contributed by atoms with van der Waals surface area (Å²) >= 11 is 0. The molecule has 0 saturated heterocycles. The van der Waals surface area contributed by atoms with Crippen LogP contribution in [0.1, 0.15) is 74.8 Å². The standard InChI is InChI=1S/C50H48O5/c1-47(2)28-48(3,4)30-49(29-47)42-11-9-8-10-37(42)44-40-27-43(54-7)39(31-12-18-34(51)19-13-31)26-41(40)46-38(45(44)49)24-25-50(55-46,32-14-20-35(52-5)21-15-32)33-16-22-36(53-6)23-17-33/h8-27,51H,28-30H2,1-7H3. The first-order valence-electron chi connectivity index (χ1n) is 19.2. The summed E-state index contributed by atoms with van der Waals surface area (Å²) in [7, 11) is 5.12. The molecule has 1 heterocycles. The highest BCUT2D eigenvalue weighted by Gasteiger charge is 2.55. The average molecular weight is 729 g/mol. The van der Waals surface area contributed by atoms with Gasteiger partial charge in [0, 0.05) is 33.1 Å². The van der Waals surface area contributed by atoms with Crippen molar-refractivity contribution in [2.24, 2.45) is 10.8 Å². The van der Waals surface area contributed by atoms with Crippen molar-refractivity contribution in [1.29, 1.82) is 0 Å². The number of ether oxygens (including phenoxy) is 4. The van der Waals surface area contributed by atoms with E-state index in [2.05, 4.69) is 101 Å². The van der Waals surface area contributed by atoms with Crippen molar-refractivity contribution in [3.63, 3.8) is 0 Å². The summed E-state index contributed by atoms with van der Waals surface area (Å²) in [5, 5.41) is 12.3. The molecule has 0 radical (unpaired) electrons. The number of methoxy groups -OCH3 is 3. The predicted octanol–water partition coefficient (Wildman–Crippen LogP) is 12.1. The monoisotopic (exact) mass is 728 g/mol. The number of hydrogen-bond acceptors (Lipinski definition) is 5. The van der Waals surface area contributed by atoms with Crippen LogP contribution in [-0.4, -0.2) is 26.4 Å². The third-order valence-corrected chi connectivity index (χ3v) is 12.3. The summed E-state index contributed by atoms with van der Waals surface area (Å²) < 4.78 is 25.2. The first-order valence-corrected chi connectivity index (χ1v) is 19.2. The van der Waals surface area contributed by atoms with E-state index in [9.17, 15) is 5.11 Å². The average Bonchev–Trinajstić information content (AvgIpc) is 3.44. The summed E-state index contributed by atoms with van der Waals surface area (Å²) in [6.45, 7) is 9.78. The number of aromatic hydroxyl groups is 1. The van der Waals surface area contributed by atoms with Gasteiger partial charge in [-0.25, -0.2) is 0 Å². The SMILES string of the molecule is COc1ccc(C2(c3ccc(OC)cc3)C=Cc3c4c(c5cc(OC)c(-c6ccc(O)cc6)cc5c3O2)-c2ccccc2C42CC(C)(C)CC(C)(C)C2)cc1. The largest absolute Gasteiger partial charge is 0.508 e. The molecule has 1 aliphatic heterocycles. The van der Waals surface area contributed by atoms with Gasteiger partial charge in [0.25, 0.3) is 0 Å².